The lowest BCUT2D eigenvalue weighted by Crippen LogP contribution is -2.42. The molecule has 0 saturated carbocycles. The van der Waals surface area contributed by atoms with Crippen LogP contribution in [0.4, 0.5) is 0 Å². The maximum Gasteiger partial charge on any atom is 0.191 e. The fraction of sp³-hybridized carbons (Fsp3) is 0.556. The monoisotopic (exact) mass is 377 g/mol. The Morgan fingerprint density at radius 1 is 1.32 bits per heavy atom. The maximum absolute atomic E-state index is 4.60. The zero-order valence-corrected chi connectivity index (χ0v) is 16.6. The van der Waals surface area contributed by atoms with E-state index < -0.39 is 0 Å². The summed E-state index contributed by atoms with van der Waals surface area (Å²) in [5.74, 6) is 0.840. The molecule has 0 bridgehead atoms. The third-order valence-electron chi connectivity index (χ3n) is 4.48. The largest absolute Gasteiger partial charge is 0.354 e. The molecule has 2 aromatic rings. The summed E-state index contributed by atoms with van der Waals surface area (Å²) in [6.07, 6.45) is 3.60. The molecule has 0 aromatic carbocycles. The molecule has 0 spiro atoms. The Morgan fingerprint density at radius 2 is 2.16 bits per heavy atom. The van der Waals surface area contributed by atoms with Gasteiger partial charge in [-0.1, -0.05) is 13.0 Å². The highest BCUT2D eigenvalue weighted by atomic mass is 32.1. The smallest absolute Gasteiger partial charge is 0.191 e. The molecular weight excluding hydrogens is 350 g/mol. The third-order valence-corrected chi connectivity index (χ3v) is 6.49. The molecule has 1 saturated heterocycles. The van der Waals surface area contributed by atoms with Crippen molar-refractivity contribution < 1.29 is 0 Å². The number of likely N-dealkylation sites (tertiary alicyclic amines) is 1. The van der Waals surface area contributed by atoms with E-state index in [1.165, 1.54) is 35.8 Å². The summed E-state index contributed by atoms with van der Waals surface area (Å²) < 4.78 is 0. The Labute approximate surface area is 158 Å². The van der Waals surface area contributed by atoms with Gasteiger partial charge in [-0.15, -0.1) is 22.7 Å². The Bertz CT molecular complexity index is 659. The molecule has 1 fully saturated rings. The summed E-state index contributed by atoms with van der Waals surface area (Å²) in [7, 11) is 1.82. The lowest BCUT2D eigenvalue weighted by atomic mass is 10.2. The van der Waals surface area contributed by atoms with Gasteiger partial charge in [0.05, 0.1) is 23.3 Å². The molecule has 2 aromatic heterocycles. The van der Waals surface area contributed by atoms with E-state index >= 15 is 0 Å². The average Bonchev–Trinajstić information content (AvgIpc) is 3.40. The average molecular weight is 378 g/mol. The van der Waals surface area contributed by atoms with Crippen LogP contribution in [-0.2, 0) is 13.0 Å². The number of hydrogen-bond acceptors (Lipinski definition) is 5. The predicted octanol–water partition coefficient (Wildman–Crippen LogP) is 3.27. The second-order valence-corrected chi connectivity index (χ2v) is 8.09. The van der Waals surface area contributed by atoms with Crippen molar-refractivity contribution in [2.75, 3.05) is 26.7 Å². The summed E-state index contributed by atoms with van der Waals surface area (Å²) in [5.41, 5.74) is 1.08. The van der Waals surface area contributed by atoms with Crippen molar-refractivity contribution in [2.45, 2.75) is 38.8 Å². The van der Waals surface area contributed by atoms with Crippen molar-refractivity contribution in [3.63, 3.8) is 0 Å². The molecule has 0 radical (unpaired) electrons. The molecule has 136 valence electrons. The van der Waals surface area contributed by atoms with Crippen molar-refractivity contribution in [3.05, 3.63) is 38.5 Å². The van der Waals surface area contributed by atoms with Gasteiger partial charge in [-0.25, -0.2) is 4.98 Å². The molecule has 2 N–H and O–H groups in total. The fourth-order valence-electron chi connectivity index (χ4n) is 3.12. The van der Waals surface area contributed by atoms with E-state index in [9.17, 15) is 0 Å². The number of hydrogen-bond donors (Lipinski definition) is 2. The molecule has 25 heavy (non-hydrogen) atoms. The number of guanidine groups is 1. The minimum atomic E-state index is 0.423. The van der Waals surface area contributed by atoms with E-state index in [2.05, 4.69) is 55.3 Å². The summed E-state index contributed by atoms with van der Waals surface area (Å²) in [6, 6.07) is 4.81. The van der Waals surface area contributed by atoms with Crippen LogP contribution < -0.4 is 10.6 Å². The maximum atomic E-state index is 4.60. The van der Waals surface area contributed by atoms with Gasteiger partial charge in [0.25, 0.3) is 0 Å². The standard InChI is InChI=1S/C18H27N5S2/c1-3-17-22-14(13-25-17)11-20-18(19-2)21-12-15(16-7-6-10-24-16)23-8-4-5-9-23/h6-7,10,13,15H,3-5,8-9,11-12H2,1-2H3,(H2,19,20,21). The van der Waals surface area contributed by atoms with E-state index in [1.54, 1.807) is 11.3 Å². The van der Waals surface area contributed by atoms with Crippen molar-refractivity contribution in [1.29, 1.82) is 0 Å². The first-order chi connectivity index (χ1) is 12.3. The van der Waals surface area contributed by atoms with E-state index in [-0.39, 0.29) is 0 Å². The first-order valence-corrected chi connectivity index (χ1v) is 10.7. The Hall–Kier alpha value is -1.44. The normalized spacial score (nSPS) is 17.0. The lowest BCUT2D eigenvalue weighted by molar-refractivity contribution is 0.249. The second kappa shape index (κ2) is 9.31. The second-order valence-electron chi connectivity index (χ2n) is 6.17. The van der Waals surface area contributed by atoms with Crippen molar-refractivity contribution in [1.82, 2.24) is 20.5 Å². The van der Waals surface area contributed by atoms with Gasteiger partial charge in [-0.2, -0.15) is 0 Å². The number of rotatable bonds is 7. The molecule has 5 nitrogen and oxygen atoms in total. The zero-order valence-electron chi connectivity index (χ0n) is 15.0. The van der Waals surface area contributed by atoms with Crippen LogP contribution in [0.15, 0.2) is 27.9 Å². The van der Waals surface area contributed by atoms with Crippen molar-refractivity contribution in [3.8, 4) is 0 Å². The predicted molar refractivity (Wildman–Crippen MR) is 108 cm³/mol. The molecule has 1 aliphatic heterocycles. The molecular formula is C18H27N5S2. The topological polar surface area (TPSA) is 52.6 Å². The Kier molecular flexibility index (Phi) is 6.84. The summed E-state index contributed by atoms with van der Waals surface area (Å²) >= 11 is 3.57. The fourth-order valence-corrected chi connectivity index (χ4v) is 4.73. The number of nitrogens with one attached hydrogen (secondary N) is 2. The highest BCUT2D eigenvalue weighted by Gasteiger charge is 2.24. The van der Waals surface area contributed by atoms with E-state index in [0.717, 1.165) is 24.6 Å². The van der Waals surface area contributed by atoms with Gasteiger partial charge in [0, 0.05) is 23.8 Å². The van der Waals surface area contributed by atoms with Gasteiger partial charge in [0.15, 0.2) is 5.96 Å². The molecule has 0 aliphatic carbocycles. The minimum Gasteiger partial charge on any atom is -0.354 e. The molecule has 1 atom stereocenters. The van der Waals surface area contributed by atoms with Crippen molar-refractivity contribution in [2.24, 2.45) is 4.99 Å². The van der Waals surface area contributed by atoms with Crippen LogP contribution in [0.5, 0.6) is 0 Å². The first kappa shape index (κ1) is 18.4. The number of thiazole rings is 1. The number of aliphatic imine (C=N–C) groups is 1. The molecule has 7 heteroatoms. The highest BCUT2D eigenvalue weighted by molar-refractivity contribution is 7.10. The highest BCUT2D eigenvalue weighted by Crippen LogP contribution is 2.27. The van der Waals surface area contributed by atoms with Gasteiger partial charge in [-0.3, -0.25) is 9.89 Å². The van der Waals surface area contributed by atoms with E-state index in [0.29, 0.717) is 12.6 Å². The van der Waals surface area contributed by atoms with Gasteiger partial charge in [-0.05, 0) is 43.8 Å². The van der Waals surface area contributed by atoms with Gasteiger partial charge in [0.1, 0.15) is 0 Å². The molecule has 3 heterocycles. The lowest BCUT2D eigenvalue weighted by Gasteiger charge is -2.27. The van der Waals surface area contributed by atoms with Crippen LogP contribution in [-0.4, -0.2) is 42.5 Å². The third kappa shape index (κ3) is 5.03. The van der Waals surface area contributed by atoms with Crippen LogP contribution in [0, 0.1) is 0 Å². The summed E-state index contributed by atoms with van der Waals surface area (Å²) in [5, 5.41) is 12.4. The minimum absolute atomic E-state index is 0.423. The number of aromatic nitrogens is 1. The quantitative estimate of drug-likeness (QED) is 0.574. The molecule has 0 amide bonds. The SMILES string of the molecule is CCc1nc(CNC(=NC)NCC(c2cccs2)N2CCCC2)cs1. The Morgan fingerprint density at radius 3 is 2.80 bits per heavy atom. The molecule has 3 rings (SSSR count). The first-order valence-electron chi connectivity index (χ1n) is 8.95. The Balaban J connectivity index is 1.54. The zero-order chi connectivity index (χ0) is 17.5. The van der Waals surface area contributed by atoms with Crippen LogP contribution in [0.3, 0.4) is 0 Å². The van der Waals surface area contributed by atoms with Crippen molar-refractivity contribution >= 4 is 28.6 Å². The van der Waals surface area contributed by atoms with Gasteiger partial charge < -0.3 is 10.6 Å². The van der Waals surface area contributed by atoms with Crippen LogP contribution in [0.25, 0.3) is 0 Å². The molecule has 1 unspecified atom stereocenters. The number of nitrogens with zero attached hydrogens (tertiary/aromatic N) is 3. The van der Waals surface area contributed by atoms with E-state index in [1.807, 2.05) is 18.4 Å². The van der Waals surface area contributed by atoms with Gasteiger partial charge in [0.2, 0.25) is 0 Å². The van der Waals surface area contributed by atoms with Crippen LogP contribution in [0.1, 0.15) is 41.4 Å². The van der Waals surface area contributed by atoms with Crippen LogP contribution in [0.2, 0.25) is 0 Å². The molecule has 1 aliphatic rings. The number of thiophene rings is 1. The summed E-state index contributed by atoms with van der Waals surface area (Å²) in [6.45, 7) is 6.10. The number of aryl methyl sites for hydroxylation is 1. The van der Waals surface area contributed by atoms with E-state index in [4.69, 9.17) is 0 Å². The van der Waals surface area contributed by atoms with Crippen LogP contribution >= 0.6 is 22.7 Å². The van der Waals surface area contributed by atoms with Gasteiger partial charge >= 0.3 is 0 Å². The summed E-state index contributed by atoms with van der Waals surface area (Å²) in [4.78, 5) is 13.0.